The van der Waals surface area contributed by atoms with E-state index in [0.29, 0.717) is 94.1 Å². The van der Waals surface area contributed by atoms with E-state index in [1.54, 1.807) is 0 Å². The van der Waals surface area contributed by atoms with Gasteiger partial charge in [-0.3, -0.25) is 19.2 Å². The molecular formula is C63H121N3O11S2Si2. The van der Waals surface area contributed by atoms with Gasteiger partial charge in [0.25, 0.3) is 0 Å². The lowest BCUT2D eigenvalue weighted by Gasteiger charge is -2.48. The second-order valence-corrected chi connectivity index (χ2v) is 31.1. The molecule has 18 heteroatoms. The fourth-order valence-electron chi connectivity index (χ4n) is 10.6. The second-order valence-electron chi connectivity index (χ2n) is 24.1. The predicted molar refractivity (Wildman–Crippen MR) is 342 cm³/mol. The zero-order valence-electron chi connectivity index (χ0n) is 53.2. The van der Waals surface area contributed by atoms with Gasteiger partial charge in [0.05, 0.1) is 31.5 Å². The number of thioether (sulfide) groups is 1. The van der Waals surface area contributed by atoms with Crippen LogP contribution in [0.25, 0.3) is 0 Å². The average Bonchev–Trinajstić information content (AvgIpc) is 3.57. The van der Waals surface area contributed by atoms with E-state index in [2.05, 4.69) is 78.3 Å². The molecule has 3 amide bonds. The predicted octanol–water partition coefficient (Wildman–Crippen LogP) is 15.5. The van der Waals surface area contributed by atoms with Crippen molar-refractivity contribution >= 4 is 69.5 Å². The Balaban J connectivity index is 2.65. The van der Waals surface area contributed by atoms with E-state index >= 15 is 0 Å². The molecule has 0 bridgehead atoms. The molecule has 0 aromatic rings. The van der Waals surface area contributed by atoms with Crippen LogP contribution in [0, 0.1) is 10.8 Å². The summed E-state index contributed by atoms with van der Waals surface area (Å²) in [5.74, 6) is 0.520. The van der Waals surface area contributed by atoms with Gasteiger partial charge in [-0.15, -0.1) is 0 Å². The Labute approximate surface area is 506 Å². The lowest BCUT2D eigenvalue weighted by atomic mass is 9.78. The van der Waals surface area contributed by atoms with Gasteiger partial charge in [-0.1, -0.05) is 196 Å². The van der Waals surface area contributed by atoms with Crippen molar-refractivity contribution in [3.63, 3.8) is 0 Å². The second kappa shape index (κ2) is 44.9. The Morgan fingerprint density at radius 2 is 1.15 bits per heavy atom. The first-order valence-corrected chi connectivity index (χ1v) is 38.4. The van der Waals surface area contributed by atoms with Crippen molar-refractivity contribution in [2.75, 3.05) is 58.5 Å². The maximum Gasteiger partial charge on any atom is 0.501 e. The molecule has 14 nitrogen and oxygen atoms in total. The Morgan fingerprint density at radius 3 is 1.70 bits per heavy atom. The van der Waals surface area contributed by atoms with Crippen LogP contribution in [-0.4, -0.2) is 116 Å². The van der Waals surface area contributed by atoms with Crippen molar-refractivity contribution in [2.45, 2.75) is 304 Å². The van der Waals surface area contributed by atoms with Gasteiger partial charge in [-0.25, -0.2) is 0 Å². The third-order valence-corrected chi connectivity index (χ3v) is 23.9. The number of rotatable bonds is 51. The quantitative estimate of drug-likeness (QED) is 0.0299. The van der Waals surface area contributed by atoms with Gasteiger partial charge in [0.2, 0.25) is 17.7 Å². The largest absolute Gasteiger partial charge is 0.501 e. The summed E-state index contributed by atoms with van der Waals surface area (Å²) in [5, 5.41) is 10.8. The number of unbranched alkanes of at least 4 members (excludes halogenated alkanes) is 17. The number of carbonyl (C=O) groups excluding carboxylic acids is 4. The van der Waals surface area contributed by atoms with Gasteiger partial charge >= 0.3 is 17.6 Å². The van der Waals surface area contributed by atoms with Crippen LogP contribution in [0.2, 0.25) is 12.1 Å². The van der Waals surface area contributed by atoms with E-state index in [1.807, 2.05) is 0 Å². The normalized spacial score (nSPS) is 20.0. The number of ether oxygens (including phenoxy) is 1. The van der Waals surface area contributed by atoms with Crippen LogP contribution >= 0.6 is 24.0 Å². The smallest absolute Gasteiger partial charge is 0.487 e. The highest BCUT2D eigenvalue weighted by molar-refractivity contribution is 8.13. The molecular weight excluding hydrogens is 1100 g/mol. The molecule has 2 aliphatic heterocycles. The topological polar surface area (TPSA) is 169 Å². The molecule has 2 heterocycles. The summed E-state index contributed by atoms with van der Waals surface area (Å²) in [6, 6.07) is 0.940. The maximum absolute atomic E-state index is 14.3. The molecule has 0 aliphatic carbocycles. The lowest BCUT2D eigenvalue weighted by molar-refractivity contribution is -0.129. The first-order valence-electron chi connectivity index (χ1n) is 33.1. The van der Waals surface area contributed by atoms with Crippen LogP contribution < -0.4 is 16.0 Å². The molecule has 3 unspecified atom stereocenters. The van der Waals surface area contributed by atoms with Crippen molar-refractivity contribution in [3.05, 3.63) is 0 Å². The van der Waals surface area contributed by atoms with Crippen LogP contribution in [0.4, 0.5) is 0 Å². The Hall–Kier alpha value is -1.49. The molecule has 474 valence electrons. The molecule has 3 atom stereocenters. The summed E-state index contributed by atoms with van der Waals surface area (Å²) in [7, 11) is -7.07. The van der Waals surface area contributed by atoms with Crippen LogP contribution in [0.5, 0.6) is 0 Å². The van der Waals surface area contributed by atoms with Gasteiger partial charge in [0, 0.05) is 88.3 Å². The molecule has 2 aliphatic rings. The van der Waals surface area contributed by atoms with Gasteiger partial charge in [0.1, 0.15) is 0 Å². The fraction of sp³-hybridized carbons (Fsp3) is 0.921. The minimum atomic E-state index is -3.59. The summed E-state index contributed by atoms with van der Waals surface area (Å²) < 4.78 is 48.4. The molecule has 2 rings (SSSR count). The first-order chi connectivity index (χ1) is 39.1. The Kier molecular flexibility index (Phi) is 41.9. The molecule has 0 aromatic carbocycles. The zero-order chi connectivity index (χ0) is 59.6. The van der Waals surface area contributed by atoms with E-state index in [4.69, 9.17) is 43.5 Å². The highest BCUT2D eigenvalue weighted by atomic mass is 32.2. The van der Waals surface area contributed by atoms with E-state index in [9.17, 15) is 19.2 Å². The van der Waals surface area contributed by atoms with Gasteiger partial charge in [-0.05, 0) is 81.8 Å². The zero-order valence-corrected chi connectivity index (χ0v) is 56.8. The molecule has 3 N–H and O–H groups in total. The third-order valence-electron chi connectivity index (χ3n) is 16.9. The number of hydrogen-bond acceptors (Lipinski definition) is 13. The first kappa shape index (κ1) is 75.6. The van der Waals surface area contributed by atoms with Crippen molar-refractivity contribution < 1.29 is 50.5 Å². The van der Waals surface area contributed by atoms with E-state index < -0.39 is 34.7 Å². The summed E-state index contributed by atoms with van der Waals surface area (Å²) in [6.07, 6.45) is 30.5. The maximum atomic E-state index is 14.3. The molecule has 2 saturated heterocycles. The molecule has 0 saturated carbocycles. The average molecular weight is 1220 g/mol. The van der Waals surface area contributed by atoms with Crippen molar-refractivity contribution in [1.82, 2.24) is 16.0 Å². The number of hydrogen-bond donors (Lipinski definition) is 3. The molecule has 0 aromatic heterocycles. The number of carbonyl (C=O) groups is 4. The van der Waals surface area contributed by atoms with Crippen molar-refractivity contribution in [3.8, 4) is 0 Å². The standard InChI is InChI=1S/C63H121N3O11S2Si2/c1-10-18-23-27-31-38-56(67)65-51-62(16-7,52-74-80(47-36-43-71-60(78)41-34-30-26-21-13-4)75-53-63(17-8,54-76-80)66-57(68)39-32-28-24-19-11-2)55(50-64-58(69)49-61(9,15-6)42-22-14-5)77-81(72-44-35-45-73-81)48-37-46-79-59(70)40-33-29-25-20-12-3/h55H,10-54H2,1-9H3,(H,64,69)(H,65,67)(H,66,68). The third kappa shape index (κ3) is 32.2. The summed E-state index contributed by atoms with van der Waals surface area (Å²) in [6.45, 7) is 21.7. The lowest BCUT2D eigenvalue weighted by Crippen LogP contribution is -2.66. The number of thiocarbonyl (C=S) groups is 1. The van der Waals surface area contributed by atoms with Gasteiger partial charge in [-0.2, -0.15) is 0 Å². The van der Waals surface area contributed by atoms with Crippen LogP contribution in [0.3, 0.4) is 0 Å². The minimum Gasteiger partial charge on any atom is -0.487 e. The summed E-state index contributed by atoms with van der Waals surface area (Å²) in [4.78, 5) is 54.9. The van der Waals surface area contributed by atoms with Gasteiger partial charge in [0.15, 0.2) is 10.2 Å². The Bertz CT molecular complexity index is 1690. The van der Waals surface area contributed by atoms with Crippen LogP contribution in [0.1, 0.15) is 281 Å². The highest BCUT2D eigenvalue weighted by Crippen LogP contribution is 2.38. The van der Waals surface area contributed by atoms with Crippen LogP contribution in [-0.2, 0) is 50.5 Å². The van der Waals surface area contributed by atoms with E-state index in [-0.39, 0.29) is 61.2 Å². The summed E-state index contributed by atoms with van der Waals surface area (Å²) in [5.41, 5.74) is -1.84. The molecule has 0 spiro atoms. The highest BCUT2D eigenvalue weighted by Gasteiger charge is 2.54. The number of amides is 3. The van der Waals surface area contributed by atoms with Crippen molar-refractivity contribution in [2.24, 2.45) is 10.8 Å². The van der Waals surface area contributed by atoms with E-state index in [1.165, 1.54) is 50.3 Å². The van der Waals surface area contributed by atoms with Crippen molar-refractivity contribution in [1.29, 1.82) is 0 Å². The van der Waals surface area contributed by atoms with Gasteiger partial charge < -0.3 is 47.2 Å². The monoisotopic (exact) mass is 1220 g/mol. The fourth-order valence-corrected chi connectivity index (χ4v) is 17.6. The minimum absolute atomic E-state index is 0.00163. The summed E-state index contributed by atoms with van der Waals surface area (Å²) >= 11 is 7.08. The molecule has 2 fully saturated rings. The SMILES string of the molecule is CCCCCCCC(=O)NCC(CC)(CO[Si]1(CCCOC(=S)CCCCCCC)OCC(CC)(NC(=O)CCCCCCC)CO1)C(CNC(=O)CC(C)(CC)CCCC)O[Si]1(CCCSC(=O)CCCCCCC)OCCCO1. The molecule has 0 radical (unpaired) electrons. The number of nitrogens with one attached hydrogen (secondary N) is 3. The molecule has 81 heavy (non-hydrogen) atoms. The Morgan fingerprint density at radius 1 is 0.605 bits per heavy atom. The van der Waals surface area contributed by atoms with Crippen LogP contribution in [0.15, 0.2) is 0 Å². The van der Waals surface area contributed by atoms with E-state index in [0.717, 1.165) is 128 Å².